The van der Waals surface area contributed by atoms with Crippen molar-refractivity contribution in [1.82, 2.24) is 9.78 Å². The van der Waals surface area contributed by atoms with Gasteiger partial charge < -0.3 is 5.11 Å². The van der Waals surface area contributed by atoms with Crippen LogP contribution in [-0.2, 0) is 19.9 Å². The van der Waals surface area contributed by atoms with Crippen molar-refractivity contribution in [2.45, 2.75) is 56.8 Å². The molecule has 102 valence electrons. The summed E-state index contributed by atoms with van der Waals surface area (Å²) in [5, 5.41) is 15.3. The van der Waals surface area contributed by atoms with E-state index in [1.54, 1.807) is 0 Å². The Morgan fingerprint density at radius 1 is 1.50 bits per heavy atom. The minimum absolute atomic E-state index is 0.240. The number of aliphatic hydroxyl groups is 1. The molecule has 1 aromatic rings. The van der Waals surface area contributed by atoms with Gasteiger partial charge in [0.25, 0.3) is 0 Å². The smallest absolute Gasteiger partial charge is 0.0685 e. The molecule has 3 nitrogen and oxygen atoms in total. The van der Waals surface area contributed by atoms with Crippen LogP contribution in [0.25, 0.3) is 0 Å². The molecule has 1 unspecified atom stereocenters. The van der Waals surface area contributed by atoms with E-state index in [-0.39, 0.29) is 6.10 Å². The fraction of sp³-hybridized carbons (Fsp3) is 0.786. The average molecular weight is 268 g/mol. The zero-order valence-electron chi connectivity index (χ0n) is 11.4. The fourth-order valence-corrected chi connectivity index (χ4v) is 3.82. The minimum atomic E-state index is -0.240. The van der Waals surface area contributed by atoms with Crippen molar-refractivity contribution >= 4 is 11.8 Å². The predicted octanol–water partition coefficient (Wildman–Crippen LogP) is 2.56. The largest absolute Gasteiger partial charge is 0.392 e. The molecule has 1 aromatic heterocycles. The molecule has 1 saturated carbocycles. The highest BCUT2D eigenvalue weighted by atomic mass is 32.2. The van der Waals surface area contributed by atoms with Crippen LogP contribution in [0, 0.1) is 0 Å². The molecule has 1 atom stereocenters. The maximum absolute atomic E-state index is 10.1. The van der Waals surface area contributed by atoms with E-state index < -0.39 is 0 Å². The first kappa shape index (κ1) is 13.9. The standard InChI is InChI=1S/C14H24N2OS/c1-3-11-8-12(16(2)15-11)9-13(17)10-18-14-6-4-5-7-14/h8,13-14,17H,3-7,9-10H2,1-2H3. The van der Waals surface area contributed by atoms with Crippen LogP contribution in [0.15, 0.2) is 6.07 Å². The average Bonchev–Trinajstić information content (AvgIpc) is 2.97. The van der Waals surface area contributed by atoms with Gasteiger partial charge in [-0.25, -0.2) is 0 Å². The third-order valence-electron chi connectivity index (χ3n) is 3.66. The lowest BCUT2D eigenvalue weighted by atomic mass is 10.2. The summed E-state index contributed by atoms with van der Waals surface area (Å²) in [6.07, 6.45) is 6.86. The molecule has 0 saturated heterocycles. The van der Waals surface area contributed by atoms with Crippen molar-refractivity contribution in [2.75, 3.05) is 5.75 Å². The van der Waals surface area contributed by atoms with E-state index in [1.165, 1.54) is 25.7 Å². The number of aliphatic hydroxyl groups excluding tert-OH is 1. The third-order valence-corrected chi connectivity index (χ3v) is 5.18. The molecule has 1 N–H and O–H groups in total. The molecule has 1 aliphatic carbocycles. The van der Waals surface area contributed by atoms with Crippen LogP contribution < -0.4 is 0 Å². The first-order valence-corrected chi connectivity index (χ1v) is 8.05. The van der Waals surface area contributed by atoms with E-state index in [0.29, 0.717) is 0 Å². The molecule has 1 fully saturated rings. The Balaban J connectivity index is 1.78. The lowest BCUT2D eigenvalue weighted by molar-refractivity contribution is 0.197. The highest BCUT2D eigenvalue weighted by Crippen LogP contribution is 2.29. The van der Waals surface area contributed by atoms with E-state index in [4.69, 9.17) is 0 Å². The van der Waals surface area contributed by atoms with Gasteiger partial charge in [0.15, 0.2) is 0 Å². The summed E-state index contributed by atoms with van der Waals surface area (Å²) in [6, 6.07) is 2.11. The molecular weight excluding hydrogens is 244 g/mol. The second-order valence-corrected chi connectivity index (χ2v) is 6.54. The van der Waals surface area contributed by atoms with E-state index in [9.17, 15) is 5.11 Å². The Morgan fingerprint density at radius 2 is 2.22 bits per heavy atom. The maximum atomic E-state index is 10.1. The molecule has 0 amide bonds. The van der Waals surface area contributed by atoms with Crippen LogP contribution in [0.1, 0.15) is 44.0 Å². The minimum Gasteiger partial charge on any atom is -0.392 e. The number of thioether (sulfide) groups is 1. The predicted molar refractivity (Wildman–Crippen MR) is 77.0 cm³/mol. The Morgan fingerprint density at radius 3 is 2.83 bits per heavy atom. The van der Waals surface area contributed by atoms with E-state index in [1.807, 2.05) is 23.5 Å². The van der Waals surface area contributed by atoms with Crippen LogP contribution in [0.5, 0.6) is 0 Å². The highest BCUT2D eigenvalue weighted by molar-refractivity contribution is 7.99. The van der Waals surface area contributed by atoms with Crippen molar-refractivity contribution in [3.8, 4) is 0 Å². The fourth-order valence-electron chi connectivity index (χ4n) is 2.54. The van der Waals surface area contributed by atoms with Crippen LogP contribution >= 0.6 is 11.8 Å². The Bertz CT molecular complexity index is 372. The Labute approximate surface area is 114 Å². The van der Waals surface area contributed by atoms with Gasteiger partial charge in [-0.15, -0.1) is 0 Å². The number of hydrogen-bond donors (Lipinski definition) is 1. The summed E-state index contributed by atoms with van der Waals surface area (Å²) < 4.78 is 1.91. The van der Waals surface area contributed by atoms with Crippen molar-refractivity contribution in [1.29, 1.82) is 0 Å². The van der Waals surface area contributed by atoms with Gasteiger partial charge in [-0.05, 0) is 25.3 Å². The zero-order valence-corrected chi connectivity index (χ0v) is 12.2. The molecule has 0 radical (unpaired) electrons. The highest BCUT2D eigenvalue weighted by Gasteiger charge is 2.17. The second-order valence-electron chi connectivity index (χ2n) is 5.20. The maximum Gasteiger partial charge on any atom is 0.0685 e. The van der Waals surface area contributed by atoms with E-state index in [0.717, 1.165) is 35.2 Å². The molecular formula is C14H24N2OS. The SMILES string of the molecule is CCc1cc(CC(O)CSC2CCCC2)n(C)n1. The first-order valence-electron chi connectivity index (χ1n) is 7.00. The zero-order chi connectivity index (χ0) is 13.0. The molecule has 0 aliphatic heterocycles. The van der Waals surface area contributed by atoms with Crippen LogP contribution in [0.3, 0.4) is 0 Å². The Kier molecular flexibility index (Phi) is 5.13. The number of rotatable bonds is 6. The van der Waals surface area contributed by atoms with Gasteiger partial charge >= 0.3 is 0 Å². The first-order chi connectivity index (χ1) is 8.69. The van der Waals surface area contributed by atoms with Crippen molar-refractivity contribution in [2.24, 2.45) is 7.05 Å². The van der Waals surface area contributed by atoms with Gasteiger partial charge in [0.05, 0.1) is 11.8 Å². The summed E-state index contributed by atoms with van der Waals surface area (Å²) in [7, 11) is 1.96. The third kappa shape index (κ3) is 3.75. The monoisotopic (exact) mass is 268 g/mol. The Hall–Kier alpha value is -0.480. The van der Waals surface area contributed by atoms with E-state index >= 15 is 0 Å². The molecule has 1 aliphatic rings. The van der Waals surface area contributed by atoms with Gasteiger partial charge in [0.2, 0.25) is 0 Å². The second kappa shape index (κ2) is 6.62. The number of nitrogens with zero attached hydrogens (tertiary/aromatic N) is 2. The summed E-state index contributed by atoms with van der Waals surface area (Å²) in [6.45, 7) is 2.11. The lowest BCUT2D eigenvalue weighted by Crippen LogP contribution is -2.17. The molecule has 0 bridgehead atoms. The van der Waals surface area contributed by atoms with Crippen LogP contribution in [-0.4, -0.2) is 32.0 Å². The summed E-state index contributed by atoms with van der Waals surface area (Å²) in [4.78, 5) is 0. The molecule has 4 heteroatoms. The van der Waals surface area contributed by atoms with Gasteiger partial charge in [-0.1, -0.05) is 19.8 Å². The topological polar surface area (TPSA) is 38.0 Å². The van der Waals surface area contributed by atoms with E-state index in [2.05, 4.69) is 18.1 Å². The summed E-state index contributed by atoms with van der Waals surface area (Å²) >= 11 is 1.95. The summed E-state index contributed by atoms with van der Waals surface area (Å²) in [5.74, 6) is 0.858. The number of aryl methyl sites for hydroxylation is 2. The van der Waals surface area contributed by atoms with Gasteiger partial charge in [0, 0.05) is 30.2 Å². The van der Waals surface area contributed by atoms with Crippen molar-refractivity contribution < 1.29 is 5.11 Å². The molecule has 18 heavy (non-hydrogen) atoms. The molecule has 1 heterocycles. The quantitative estimate of drug-likeness (QED) is 0.861. The molecule has 0 spiro atoms. The number of aromatic nitrogens is 2. The molecule has 2 rings (SSSR count). The van der Waals surface area contributed by atoms with Gasteiger partial charge in [-0.2, -0.15) is 16.9 Å². The van der Waals surface area contributed by atoms with Crippen molar-refractivity contribution in [3.05, 3.63) is 17.5 Å². The lowest BCUT2D eigenvalue weighted by Gasteiger charge is -2.13. The van der Waals surface area contributed by atoms with Crippen molar-refractivity contribution in [3.63, 3.8) is 0 Å². The normalized spacial score (nSPS) is 18.4. The van der Waals surface area contributed by atoms with Crippen LogP contribution in [0.4, 0.5) is 0 Å². The molecule has 0 aromatic carbocycles. The van der Waals surface area contributed by atoms with Gasteiger partial charge in [0.1, 0.15) is 0 Å². The van der Waals surface area contributed by atoms with Gasteiger partial charge in [-0.3, -0.25) is 4.68 Å². The number of hydrogen-bond acceptors (Lipinski definition) is 3. The summed E-state index contributed by atoms with van der Waals surface area (Å²) in [5.41, 5.74) is 2.26. The van der Waals surface area contributed by atoms with Crippen LogP contribution in [0.2, 0.25) is 0 Å².